The third-order valence-electron chi connectivity index (χ3n) is 2.50. The summed E-state index contributed by atoms with van der Waals surface area (Å²) in [6.45, 7) is 1.80. The highest BCUT2D eigenvalue weighted by Gasteiger charge is 2.22. The lowest BCUT2D eigenvalue weighted by atomic mass is 10.2. The number of aryl methyl sites for hydroxylation is 1. The van der Waals surface area contributed by atoms with Gasteiger partial charge in [-0.3, -0.25) is 10.1 Å². The van der Waals surface area contributed by atoms with E-state index in [9.17, 15) is 9.90 Å². The van der Waals surface area contributed by atoms with Crippen LogP contribution in [-0.2, 0) is 4.79 Å². The Balaban J connectivity index is 2.02. The van der Waals surface area contributed by atoms with E-state index in [1.54, 1.807) is 36.9 Å². The number of anilines is 1. The van der Waals surface area contributed by atoms with Crippen molar-refractivity contribution in [2.75, 3.05) is 16.9 Å². The van der Waals surface area contributed by atoms with Gasteiger partial charge in [-0.1, -0.05) is 0 Å². The van der Waals surface area contributed by atoms with E-state index in [0.717, 1.165) is 22.9 Å². The van der Waals surface area contributed by atoms with Gasteiger partial charge in [-0.05, 0) is 30.7 Å². The zero-order chi connectivity index (χ0) is 11.5. The van der Waals surface area contributed by atoms with E-state index in [-0.39, 0.29) is 17.7 Å². The van der Waals surface area contributed by atoms with Crippen molar-refractivity contribution in [3.05, 3.63) is 23.8 Å². The van der Waals surface area contributed by atoms with Crippen LogP contribution in [0.2, 0.25) is 0 Å². The normalized spacial score (nSPS) is 19.7. The van der Waals surface area contributed by atoms with Gasteiger partial charge in [0.25, 0.3) is 0 Å². The third-order valence-corrected chi connectivity index (χ3v) is 3.44. The third kappa shape index (κ3) is 2.48. The second-order valence-corrected chi connectivity index (χ2v) is 4.79. The molecule has 0 saturated carbocycles. The number of amides is 1. The molecule has 0 aliphatic carbocycles. The maximum Gasteiger partial charge on any atom is 0.242 e. The van der Waals surface area contributed by atoms with Gasteiger partial charge in [0.2, 0.25) is 5.91 Å². The zero-order valence-electron chi connectivity index (χ0n) is 8.99. The lowest BCUT2D eigenvalue weighted by Gasteiger charge is -2.11. The van der Waals surface area contributed by atoms with Crippen molar-refractivity contribution in [1.29, 1.82) is 0 Å². The minimum atomic E-state index is -0.112. The molecule has 1 saturated heterocycles. The number of carbonyl (C=O) groups excluding carboxylic acids is 1. The summed E-state index contributed by atoms with van der Waals surface area (Å²) >= 11 is 1.71. The van der Waals surface area contributed by atoms with Crippen molar-refractivity contribution in [2.24, 2.45) is 0 Å². The minimum absolute atomic E-state index is 0.0184. The van der Waals surface area contributed by atoms with Gasteiger partial charge in [0.1, 0.15) is 5.75 Å². The molecule has 5 heteroatoms. The summed E-state index contributed by atoms with van der Waals surface area (Å²) in [6, 6.07) is 4.93. The molecule has 1 fully saturated rings. The van der Waals surface area contributed by atoms with Crippen molar-refractivity contribution < 1.29 is 9.90 Å². The Morgan fingerprint density at radius 2 is 2.44 bits per heavy atom. The molecule has 1 heterocycles. The number of aromatic hydroxyl groups is 1. The molecule has 3 N–H and O–H groups in total. The Hall–Kier alpha value is -1.20. The Morgan fingerprint density at radius 1 is 1.62 bits per heavy atom. The number of thioether (sulfide) groups is 1. The van der Waals surface area contributed by atoms with Crippen molar-refractivity contribution in [3.63, 3.8) is 0 Å². The summed E-state index contributed by atoms with van der Waals surface area (Å²) in [5.74, 6) is 1.86. The molecule has 1 aromatic carbocycles. The number of hydrogen-bond donors (Lipinski definition) is 3. The maximum absolute atomic E-state index is 11.8. The summed E-state index contributed by atoms with van der Waals surface area (Å²) in [6.07, 6.45) is 0. The van der Waals surface area contributed by atoms with Crippen LogP contribution in [0.3, 0.4) is 0 Å². The quantitative estimate of drug-likeness (QED) is 0.680. The van der Waals surface area contributed by atoms with Crippen molar-refractivity contribution >= 4 is 23.4 Å². The average molecular weight is 238 g/mol. The number of hydrogen-bond acceptors (Lipinski definition) is 4. The first kappa shape index (κ1) is 11.3. The summed E-state index contributed by atoms with van der Waals surface area (Å²) in [5.41, 5.74) is 1.48. The molecule has 2 rings (SSSR count). The number of nitrogens with one attached hydrogen (secondary N) is 2. The largest absolute Gasteiger partial charge is 0.508 e. The molecule has 4 nitrogen and oxygen atoms in total. The lowest BCUT2D eigenvalue weighted by Crippen LogP contribution is -2.37. The van der Waals surface area contributed by atoms with E-state index < -0.39 is 0 Å². The summed E-state index contributed by atoms with van der Waals surface area (Å²) in [7, 11) is 0. The van der Waals surface area contributed by atoms with Crippen molar-refractivity contribution in [1.82, 2.24) is 5.32 Å². The molecule has 1 aromatic rings. The number of rotatable bonds is 2. The second-order valence-electron chi connectivity index (χ2n) is 3.76. The monoisotopic (exact) mass is 238 g/mol. The Morgan fingerprint density at radius 3 is 3.06 bits per heavy atom. The first-order valence-electron chi connectivity index (χ1n) is 5.08. The fourth-order valence-corrected chi connectivity index (χ4v) is 2.47. The zero-order valence-corrected chi connectivity index (χ0v) is 9.80. The molecular formula is C11H14N2O2S. The highest BCUT2D eigenvalue weighted by molar-refractivity contribution is 7.99. The van der Waals surface area contributed by atoms with Gasteiger partial charge in [0.15, 0.2) is 0 Å². The van der Waals surface area contributed by atoms with E-state index in [0.29, 0.717) is 0 Å². The number of phenolic OH excluding ortho intramolecular Hbond substituents is 1. The van der Waals surface area contributed by atoms with Crippen LogP contribution in [-0.4, -0.2) is 28.7 Å². The molecular weight excluding hydrogens is 224 g/mol. The first-order chi connectivity index (χ1) is 7.66. The minimum Gasteiger partial charge on any atom is -0.508 e. The SMILES string of the molecule is Cc1cc(NC(=O)C2CSCN2)ccc1O. The van der Waals surface area contributed by atoms with Gasteiger partial charge in [0.05, 0.1) is 6.04 Å². The number of carbonyl (C=O) groups is 1. The van der Waals surface area contributed by atoms with Crippen LogP contribution in [0.5, 0.6) is 5.75 Å². The average Bonchev–Trinajstić information content (AvgIpc) is 2.77. The molecule has 1 atom stereocenters. The number of phenols is 1. The van der Waals surface area contributed by atoms with Gasteiger partial charge in [-0.2, -0.15) is 0 Å². The Bertz CT molecular complexity index is 403. The van der Waals surface area contributed by atoms with Crippen molar-refractivity contribution in [2.45, 2.75) is 13.0 Å². The first-order valence-corrected chi connectivity index (χ1v) is 6.24. The second kappa shape index (κ2) is 4.76. The topological polar surface area (TPSA) is 61.4 Å². The van der Waals surface area contributed by atoms with Crippen LogP contribution in [0.15, 0.2) is 18.2 Å². The van der Waals surface area contributed by atoms with Gasteiger partial charge in [-0.25, -0.2) is 0 Å². The summed E-state index contributed by atoms with van der Waals surface area (Å²) in [5, 5.41) is 15.3. The molecule has 16 heavy (non-hydrogen) atoms. The van der Waals surface area contributed by atoms with Crippen LogP contribution < -0.4 is 10.6 Å². The molecule has 0 spiro atoms. The molecule has 0 aromatic heterocycles. The molecule has 1 aliphatic rings. The van der Waals surface area contributed by atoms with Crippen molar-refractivity contribution in [3.8, 4) is 5.75 Å². The van der Waals surface area contributed by atoms with Crippen LogP contribution in [0, 0.1) is 6.92 Å². The molecule has 1 amide bonds. The predicted octanol–water partition coefficient (Wildman–Crippen LogP) is 1.30. The van der Waals surface area contributed by atoms with Crippen LogP contribution in [0.4, 0.5) is 5.69 Å². The van der Waals surface area contributed by atoms with Gasteiger partial charge in [-0.15, -0.1) is 11.8 Å². The summed E-state index contributed by atoms with van der Waals surface area (Å²) in [4.78, 5) is 11.8. The predicted molar refractivity (Wildman–Crippen MR) is 65.7 cm³/mol. The molecule has 1 unspecified atom stereocenters. The molecule has 0 radical (unpaired) electrons. The van der Waals surface area contributed by atoms with E-state index in [4.69, 9.17) is 0 Å². The maximum atomic E-state index is 11.8. The fraction of sp³-hybridized carbons (Fsp3) is 0.364. The highest BCUT2D eigenvalue weighted by atomic mass is 32.2. The Kier molecular flexibility index (Phi) is 3.36. The van der Waals surface area contributed by atoms with Crippen LogP contribution >= 0.6 is 11.8 Å². The lowest BCUT2D eigenvalue weighted by molar-refractivity contribution is -0.117. The smallest absolute Gasteiger partial charge is 0.242 e. The highest BCUT2D eigenvalue weighted by Crippen LogP contribution is 2.20. The van der Waals surface area contributed by atoms with Gasteiger partial charge in [0, 0.05) is 17.3 Å². The number of benzene rings is 1. The van der Waals surface area contributed by atoms with E-state index in [2.05, 4.69) is 10.6 Å². The standard InChI is InChI=1S/C11H14N2O2S/c1-7-4-8(2-3-10(7)14)13-11(15)9-5-16-6-12-9/h2-4,9,12,14H,5-6H2,1H3,(H,13,15). The fourth-order valence-electron chi connectivity index (χ4n) is 1.53. The Labute approximate surface area is 98.4 Å². The molecule has 86 valence electrons. The van der Waals surface area contributed by atoms with Gasteiger partial charge < -0.3 is 10.4 Å². The molecule has 0 bridgehead atoms. The van der Waals surface area contributed by atoms with Crippen LogP contribution in [0.25, 0.3) is 0 Å². The van der Waals surface area contributed by atoms with E-state index in [1.165, 1.54) is 0 Å². The van der Waals surface area contributed by atoms with E-state index in [1.807, 2.05) is 0 Å². The van der Waals surface area contributed by atoms with Crippen LogP contribution in [0.1, 0.15) is 5.56 Å². The summed E-state index contributed by atoms with van der Waals surface area (Å²) < 4.78 is 0. The molecule has 1 aliphatic heterocycles. The van der Waals surface area contributed by atoms with Gasteiger partial charge >= 0.3 is 0 Å². The van der Waals surface area contributed by atoms with E-state index >= 15 is 0 Å².